The van der Waals surface area contributed by atoms with Crippen LogP contribution in [0.3, 0.4) is 0 Å². The number of aryl methyl sites for hydroxylation is 1. The van der Waals surface area contributed by atoms with Gasteiger partial charge in [0.25, 0.3) is 0 Å². The highest BCUT2D eigenvalue weighted by Gasteiger charge is 2.31. The molecule has 39 heavy (non-hydrogen) atoms. The average Bonchev–Trinajstić information content (AvgIpc) is 3.75. The van der Waals surface area contributed by atoms with E-state index < -0.39 is 22.0 Å². The van der Waals surface area contributed by atoms with Crippen molar-refractivity contribution in [2.24, 2.45) is 0 Å². The Hall–Kier alpha value is -3.24. The van der Waals surface area contributed by atoms with Crippen LogP contribution in [0.5, 0.6) is 0 Å². The Morgan fingerprint density at radius 1 is 0.949 bits per heavy atom. The summed E-state index contributed by atoms with van der Waals surface area (Å²) in [6.07, 6.45) is 2.19. The van der Waals surface area contributed by atoms with E-state index in [0.717, 1.165) is 24.0 Å². The van der Waals surface area contributed by atoms with E-state index in [4.69, 9.17) is 11.6 Å². The fraction of sp³-hybridized carbons (Fsp3) is 0.310. The molecule has 10 heteroatoms. The Morgan fingerprint density at radius 3 is 2.21 bits per heavy atom. The molecule has 0 aliphatic heterocycles. The topological polar surface area (TPSA) is 116 Å². The lowest BCUT2D eigenvalue weighted by Gasteiger charge is -2.32. The summed E-state index contributed by atoms with van der Waals surface area (Å²) in [5, 5.41) is 12.5. The van der Waals surface area contributed by atoms with Crippen LogP contribution in [0.4, 0.5) is 0 Å². The maximum absolute atomic E-state index is 13.7. The number of benzene rings is 3. The second-order valence-electron chi connectivity index (χ2n) is 9.52. The van der Waals surface area contributed by atoms with Crippen molar-refractivity contribution in [2.45, 2.75) is 49.2 Å². The highest BCUT2D eigenvalue weighted by atomic mass is 35.5. The van der Waals surface area contributed by atoms with Gasteiger partial charge in [0.2, 0.25) is 21.8 Å². The van der Waals surface area contributed by atoms with E-state index in [1.54, 1.807) is 60.7 Å². The Balaban J connectivity index is 1.55. The molecule has 4 rings (SSSR count). The van der Waals surface area contributed by atoms with Crippen LogP contribution in [0.15, 0.2) is 83.8 Å². The quantitative estimate of drug-likeness (QED) is 0.291. The van der Waals surface area contributed by atoms with E-state index in [1.807, 2.05) is 18.2 Å². The van der Waals surface area contributed by atoms with Crippen molar-refractivity contribution in [3.8, 4) is 0 Å². The molecule has 1 aliphatic rings. The summed E-state index contributed by atoms with van der Waals surface area (Å²) in [5.74, 6) is -0.639. The van der Waals surface area contributed by atoms with Crippen molar-refractivity contribution >= 4 is 33.4 Å². The largest absolute Gasteiger partial charge is 0.395 e. The second kappa shape index (κ2) is 13.2. The molecule has 1 atom stereocenters. The van der Waals surface area contributed by atoms with Gasteiger partial charge in [-0.1, -0.05) is 66.2 Å². The minimum absolute atomic E-state index is 0.0195. The van der Waals surface area contributed by atoms with Crippen molar-refractivity contribution in [3.05, 3.63) is 101 Å². The molecule has 8 nitrogen and oxygen atoms in total. The highest BCUT2D eigenvalue weighted by molar-refractivity contribution is 7.89. The molecule has 206 valence electrons. The van der Waals surface area contributed by atoms with Crippen molar-refractivity contribution < 1.29 is 23.1 Å². The Morgan fingerprint density at radius 2 is 1.59 bits per heavy atom. The number of aliphatic hydroxyl groups is 1. The number of rotatable bonds is 13. The minimum Gasteiger partial charge on any atom is -0.395 e. The van der Waals surface area contributed by atoms with Gasteiger partial charge in [-0.05, 0) is 60.2 Å². The van der Waals surface area contributed by atoms with Crippen molar-refractivity contribution in [3.63, 3.8) is 0 Å². The predicted molar refractivity (Wildman–Crippen MR) is 149 cm³/mol. The van der Waals surface area contributed by atoms with Gasteiger partial charge in [-0.25, -0.2) is 13.1 Å². The summed E-state index contributed by atoms with van der Waals surface area (Å²) in [6.45, 7) is 0.0163. The number of nitrogens with zero attached hydrogens (tertiary/aromatic N) is 1. The molecule has 0 saturated heterocycles. The van der Waals surface area contributed by atoms with Crippen LogP contribution in [0, 0.1) is 0 Å². The van der Waals surface area contributed by atoms with Gasteiger partial charge < -0.3 is 15.3 Å². The number of halogens is 1. The second-order valence-corrected chi connectivity index (χ2v) is 11.7. The number of carbonyl (C=O) groups excluding carboxylic acids is 2. The highest BCUT2D eigenvalue weighted by Crippen LogP contribution is 2.26. The van der Waals surface area contributed by atoms with E-state index in [0.29, 0.717) is 17.0 Å². The lowest BCUT2D eigenvalue weighted by molar-refractivity contribution is -0.141. The summed E-state index contributed by atoms with van der Waals surface area (Å²) >= 11 is 6.05. The van der Waals surface area contributed by atoms with Gasteiger partial charge in [-0.3, -0.25) is 9.59 Å². The summed E-state index contributed by atoms with van der Waals surface area (Å²) in [4.78, 5) is 28.7. The summed E-state index contributed by atoms with van der Waals surface area (Å²) in [7, 11) is -3.55. The van der Waals surface area contributed by atoms with Crippen LogP contribution < -0.4 is 10.0 Å². The molecule has 0 bridgehead atoms. The molecule has 1 fully saturated rings. The van der Waals surface area contributed by atoms with Crippen LogP contribution in [-0.4, -0.2) is 49.4 Å². The standard InChI is InChI=1S/C29H32ClN3O5S/c30-24-11-6-22(7-12-24)20-33(28(29(36)31-18-19-34)23-4-2-1-3-5-23)27(35)17-10-21-8-15-26(16-9-21)39(37,38)32-25-13-14-25/h1-9,11-12,15-16,25,28,32,34H,10,13-14,17-20H2,(H,31,36). The van der Waals surface area contributed by atoms with Crippen LogP contribution in [0.1, 0.15) is 42.0 Å². The normalized spacial score (nSPS) is 14.0. The molecule has 1 unspecified atom stereocenters. The zero-order valence-electron chi connectivity index (χ0n) is 21.4. The lowest BCUT2D eigenvalue weighted by Crippen LogP contribution is -2.44. The first-order valence-corrected chi connectivity index (χ1v) is 14.7. The molecular formula is C29H32ClN3O5S. The molecule has 3 aromatic rings. The third-order valence-corrected chi connectivity index (χ3v) is 8.22. The number of amides is 2. The molecule has 3 N–H and O–H groups in total. The van der Waals surface area contributed by atoms with E-state index in [-0.39, 0.29) is 43.0 Å². The van der Waals surface area contributed by atoms with Gasteiger partial charge in [0.05, 0.1) is 11.5 Å². The van der Waals surface area contributed by atoms with Gasteiger partial charge in [0.15, 0.2) is 0 Å². The maximum atomic E-state index is 13.7. The molecule has 0 radical (unpaired) electrons. The fourth-order valence-electron chi connectivity index (χ4n) is 4.21. The van der Waals surface area contributed by atoms with E-state index in [2.05, 4.69) is 10.0 Å². The Labute approximate surface area is 234 Å². The van der Waals surface area contributed by atoms with Gasteiger partial charge in [-0.15, -0.1) is 0 Å². The monoisotopic (exact) mass is 569 g/mol. The third kappa shape index (κ3) is 8.12. The van der Waals surface area contributed by atoms with Gasteiger partial charge in [0, 0.05) is 30.6 Å². The minimum atomic E-state index is -3.55. The molecule has 1 aliphatic carbocycles. The van der Waals surface area contributed by atoms with Crippen LogP contribution in [0.25, 0.3) is 0 Å². The van der Waals surface area contributed by atoms with Crippen LogP contribution >= 0.6 is 11.6 Å². The number of aliphatic hydroxyl groups excluding tert-OH is 1. The lowest BCUT2D eigenvalue weighted by atomic mass is 10.0. The number of nitrogens with one attached hydrogen (secondary N) is 2. The maximum Gasteiger partial charge on any atom is 0.247 e. The molecule has 2 amide bonds. The SMILES string of the molecule is O=C(NCCO)C(c1ccccc1)N(Cc1ccc(Cl)cc1)C(=O)CCc1ccc(S(=O)(=O)NC2CC2)cc1. The number of sulfonamides is 1. The Kier molecular flexibility index (Phi) is 9.74. The van der Waals surface area contributed by atoms with Gasteiger partial charge >= 0.3 is 0 Å². The molecule has 0 spiro atoms. The smallest absolute Gasteiger partial charge is 0.247 e. The molecule has 0 heterocycles. The first-order valence-electron chi connectivity index (χ1n) is 12.9. The van der Waals surface area contributed by atoms with Crippen molar-refractivity contribution in [2.75, 3.05) is 13.2 Å². The summed E-state index contributed by atoms with van der Waals surface area (Å²) < 4.78 is 27.6. The average molecular weight is 570 g/mol. The zero-order chi connectivity index (χ0) is 27.8. The third-order valence-electron chi connectivity index (χ3n) is 6.43. The van der Waals surface area contributed by atoms with Gasteiger partial charge in [0.1, 0.15) is 6.04 Å². The van der Waals surface area contributed by atoms with Crippen molar-refractivity contribution in [1.29, 1.82) is 0 Å². The Bertz CT molecular complexity index is 1360. The van der Waals surface area contributed by atoms with Crippen LogP contribution in [0.2, 0.25) is 5.02 Å². The van der Waals surface area contributed by atoms with E-state index in [1.165, 1.54) is 4.90 Å². The van der Waals surface area contributed by atoms with Gasteiger partial charge in [-0.2, -0.15) is 0 Å². The van der Waals surface area contributed by atoms with E-state index in [9.17, 15) is 23.1 Å². The summed E-state index contributed by atoms with van der Waals surface area (Å²) in [5.41, 5.74) is 2.26. The zero-order valence-corrected chi connectivity index (χ0v) is 23.0. The fourth-order valence-corrected chi connectivity index (χ4v) is 5.64. The van der Waals surface area contributed by atoms with E-state index >= 15 is 0 Å². The molecular weight excluding hydrogens is 538 g/mol. The molecule has 1 saturated carbocycles. The molecule has 0 aromatic heterocycles. The first-order chi connectivity index (χ1) is 18.8. The predicted octanol–water partition coefficient (Wildman–Crippen LogP) is 3.59. The first kappa shape index (κ1) is 28.8. The number of hydrogen-bond donors (Lipinski definition) is 3. The van der Waals surface area contributed by atoms with Crippen LogP contribution in [-0.2, 0) is 32.6 Å². The number of carbonyl (C=O) groups is 2. The summed E-state index contributed by atoms with van der Waals surface area (Å²) in [6, 6.07) is 21.7. The van der Waals surface area contributed by atoms with Crippen molar-refractivity contribution in [1.82, 2.24) is 14.9 Å². The number of hydrogen-bond acceptors (Lipinski definition) is 5. The molecule has 3 aromatic carbocycles.